The van der Waals surface area contributed by atoms with Gasteiger partial charge in [0.15, 0.2) is 11.6 Å². The number of hydrogen-bond acceptors (Lipinski definition) is 4. The Bertz CT molecular complexity index is 507. The lowest BCUT2D eigenvalue weighted by atomic mass is 10.3. The van der Waals surface area contributed by atoms with Crippen molar-refractivity contribution in [3.05, 3.63) is 30.2 Å². The zero-order chi connectivity index (χ0) is 12.3. The summed E-state index contributed by atoms with van der Waals surface area (Å²) in [7, 11) is 1.89. The van der Waals surface area contributed by atoms with Crippen LogP contribution in [0.3, 0.4) is 0 Å². The van der Waals surface area contributed by atoms with Crippen LogP contribution in [-0.2, 0) is 7.05 Å². The number of anilines is 2. The summed E-state index contributed by atoms with van der Waals surface area (Å²) < 4.78 is 7.27. The first-order valence-corrected chi connectivity index (χ1v) is 5.55. The number of hydrogen-bond donors (Lipinski definition) is 1. The number of rotatable bonds is 4. The van der Waals surface area contributed by atoms with Gasteiger partial charge in [-0.05, 0) is 26.0 Å². The van der Waals surface area contributed by atoms with E-state index < -0.39 is 0 Å². The standard InChI is InChI=1S/C12H16N4O/c1-4-17-11-6-5-7-13-12(11)14-10-8-16(3)15-9(10)2/h5-8H,4H2,1-3H3,(H,13,14). The maximum absolute atomic E-state index is 5.50. The molecule has 5 nitrogen and oxygen atoms in total. The van der Waals surface area contributed by atoms with Gasteiger partial charge in [-0.1, -0.05) is 0 Å². The number of aryl methyl sites for hydroxylation is 2. The van der Waals surface area contributed by atoms with Crippen LogP contribution < -0.4 is 10.1 Å². The summed E-state index contributed by atoms with van der Waals surface area (Å²) in [4.78, 5) is 4.27. The van der Waals surface area contributed by atoms with E-state index in [4.69, 9.17) is 4.74 Å². The Morgan fingerprint density at radius 3 is 2.94 bits per heavy atom. The second kappa shape index (κ2) is 4.86. The Morgan fingerprint density at radius 2 is 2.29 bits per heavy atom. The van der Waals surface area contributed by atoms with E-state index in [0.29, 0.717) is 12.4 Å². The molecule has 0 radical (unpaired) electrons. The molecule has 0 bridgehead atoms. The molecule has 0 aromatic carbocycles. The molecular weight excluding hydrogens is 216 g/mol. The van der Waals surface area contributed by atoms with Gasteiger partial charge >= 0.3 is 0 Å². The Hall–Kier alpha value is -2.04. The molecule has 2 rings (SSSR count). The summed E-state index contributed by atoms with van der Waals surface area (Å²) in [5.41, 5.74) is 1.87. The molecule has 0 fully saturated rings. The SMILES string of the molecule is CCOc1cccnc1Nc1cn(C)nc1C. The van der Waals surface area contributed by atoms with Crippen molar-refractivity contribution in [2.45, 2.75) is 13.8 Å². The third-order valence-electron chi connectivity index (χ3n) is 2.34. The first kappa shape index (κ1) is 11.4. The summed E-state index contributed by atoms with van der Waals surface area (Å²) in [6.07, 6.45) is 3.65. The lowest BCUT2D eigenvalue weighted by Crippen LogP contribution is -1.99. The van der Waals surface area contributed by atoms with Gasteiger partial charge in [-0.2, -0.15) is 5.10 Å². The molecule has 2 aromatic heterocycles. The first-order chi connectivity index (χ1) is 8.20. The fraction of sp³-hybridized carbons (Fsp3) is 0.333. The monoisotopic (exact) mass is 232 g/mol. The van der Waals surface area contributed by atoms with E-state index in [2.05, 4.69) is 15.4 Å². The first-order valence-electron chi connectivity index (χ1n) is 5.55. The highest BCUT2D eigenvalue weighted by Crippen LogP contribution is 2.25. The van der Waals surface area contributed by atoms with Crippen LogP contribution in [0.5, 0.6) is 5.75 Å². The van der Waals surface area contributed by atoms with E-state index in [1.165, 1.54) is 0 Å². The van der Waals surface area contributed by atoms with Crippen molar-refractivity contribution >= 4 is 11.5 Å². The van der Waals surface area contributed by atoms with E-state index in [0.717, 1.165) is 17.1 Å². The Labute approximate surface area is 100 Å². The minimum atomic E-state index is 0.617. The summed E-state index contributed by atoms with van der Waals surface area (Å²) in [6, 6.07) is 3.75. The molecule has 2 aromatic rings. The number of pyridine rings is 1. The molecule has 0 aliphatic rings. The predicted octanol–water partition coefficient (Wildman–Crippen LogP) is 2.27. The van der Waals surface area contributed by atoms with Crippen LogP contribution in [0.4, 0.5) is 11.5 Å². The van der Waals surface area contributed by atoms with Gasteiger partial charge in [0.2, 0.25) is 0 Å². The van der Waals surface area contributed by atoms with Crippen LogP contribution in [0.2, 0.25) is 0 Å². The van der Waals surface area contributed by atoms with Crippen LogP contribution in [-0.4, -0.2) is 21.4 Å². The van der Waals surface area contributed by atoms with Gasteiger partial charge in [0.05, 0.1) is 18.0 Å². The second-order valence-corrected chi connectivity index (χ2v) is 3.71. The van der Waals surface area contributed by atoms with Gasteiger partial charge in [0, 0.05) is 19.4 Å². The van der Waals surface area contributed by atoms with E-state index in [1.807, 2.05) is 39.2 Å². The fourth-order valence-electron chi connectivity index (χ4n) is 1.61. The van der Waals surface area contributed by atoms with Crippen LogP contribution >= 0.6 is 0 Å². The van der Waals surface area contributed by atoms with E-state index in [1.54, 1.807) is 10.9 Å². The summed E-state index contributed by atoms with van der Waals surface area (Å²) in [6.45, 7) is 4.52. The summed E-state index contributed by atoms with van der Waals surface area (Å²) in [5.74, 6) is 1.46. The summed E-state index contributed by atoms with van der Waals surface area (Å²) >= 11 is 0. The predicted molar refractivity (Wildman–Crippen MR) is 66.6 cm³/mol. The zero-order valence-electron chi connectivity index (χ0n) is 10.3. The van der Waals surface area contributed by atoms with Crippen LogP contribution in [0.15, 0.2) is 24.5 Å². The molecule has 5 heteroatoms. The minimum Gasteiger partial charge on any atom is -0.490 e. The maximum atomic E-state index is 5.50. The third-order valence-corrected chi connectivity index (χ3v) is 2.34. The van der Waals surface area contributed by atoms with Crippen LogP contribution in [0, 0.1) is 6.92 Å². The van der Waals surface area contributed by atoms with Crippen molar-refractivity contribution in [1.82, 2.24) is 14.8 Å². The van der Waals surface area contributed by atoms with Crippen LogP contribution in [0.1, 0.15) is 12.6 Å². The molecule has 17 heavy (non-hydrogen) atoms. The third kappa shape index (κ3) is 2.55. The average Bonchev–Trinajstić information content (AvgIpc) is 2.61. The van der Waals surface area contributed by atoms with Crippen molar-refractivity contribution in [1.29, 1.82) is 0 Å². The topological polar surface area (TPSA) is 52.0 Å². The number of nitrogens with one attached hydrogen (secondary N) is 1. The molecule has 0 amide bonds. The Kier molecular flexibility index (Phi) is 3.27. The highest BCUT2D eigenvalue weighted by atomic mass is 16.5. The number of aromatic nitrogens is 3. The molecule has 2 heterocycles. The normalized spacial score (nSPS) is 10.3. The molecule has 90 valence electrons. The molecule has 0 aliphatic carbocycles. The Morgan fingerprint density at radius 1 is 1.47 bits per heavy atom. The minimum absolute atomic E-state index is 0.617. The number of nitrogens with zero attached hydrogens (tertiary/aromatic N) is 3. The lowest BCUT2D eigenvalue weighted by Gasteiger charge is -2.09. The molecule has 0 atom stereocenters. The largest absolute Gasteiger partial charge is 0.490 e. The van der Waals surface area contributed by atoms with Crippen molar-refractivity contribution in [2.75, 3.05) is 11.9 Å². The molecule has 0 aliphatic heterocycles. The van der Waals surface area contributed by atoms with Crippen molar-refractivity contribution in [3.63, 3.8) is 0 Å². The van der Waals surface area contributed by atoms with Gasteiger partial charge < -0.3 is 10.1 Å². The van der Waals surface area contributed by atoms with Crippen LogP contribution in [0.25, 0.3) is 0 Å². The van der Waals surface area contributed by atoms with Gasteiger partial charge in [-0.15, -0.1) is 0 Å². The van der Waals surface area contributed by atoms with Crippen molar-refractivity contribution in [3.8, 4) is 5.75 Å². The maximum Gasteiger partial charge on any atom is 0.173 e. The second-order valence-electron chi connectivity index (χ2n) is 3.71. The molecule has 0 saturated heterocycles. The molecule has 0 unspecified atom stereocenters. The van der Waals surface area contributed by atoms with E-state index in [-0.39, 0.29) is 0 Å². The van der Waals surface area contributed by atoms with E-state index in [9.17, 15) is 0 Å². The highest BCUT2D eigenvalue weighted by Gasteiger charge is 2.08. The zero-order valence-corrected chi connectivity index (χ0v) is 10.3. The number of ether oxygens (including phenoxy) is 1. The summed E-state index contributed by atoms with van der Waals surface area (Å²) in [5, 5.41) is 7.50. The quantitative estimate of drug-likeness (QED) is 0.878. The fourth-order valence-corrected chi connectivity index (χ4v) is 1.61. The molecule has 1 N–H and O–H groups in total. The van der Waals surface area contributed by atoms with Gasteiger partial charge in [-0.25, -0.2) is 4.98 Å². The molecule has 0 spiro atoms. The van der Waals surface area contributed by atoms with Crippen molar-refractivity contribution < 1.29 is 4.74 Å². The average molecular weight is 232 g/mol. The van der Waals surface area contributed by atoms with Gasteiger partial charge in [0.25, 0.3) is 0 Å². The smallest absolute Gasteiger partial charge is 0.173 e. The van der Waals surface area contributed by atoms with Gasteiger partial charge in [0.1, 0.15) is 0 Å². The molecule has 0 saturated carbocycles. The van der Waals surface area contributed by atoms with Gasteiger partial charge in [-0.3, -0.25) is 4.68 Å². The molecular formula is C12H16N4O. The lowest BCUT2D eigenvalue weighted by molar-refractivity contribution is 0.341. The Balaban J connectivity index is 2.26. The van der Waals surface area contributed by atoms with Crippen molar-refractivity contribution in [2.24, 2.45) is 7.05 Å². The highest BCUT2D eigenvalue weighted by molar-refractivity contribution is 5.63. The van der Waals surface area contributed by atoms with E-state index >= 15 is 0 Å².